The third-order valence-electron chi connectivity index (χ3n) is 3.28. The lowest BCUT2D eigenvalue weighted by molar-refractivity contribution is -0.124. The maximum Gasteiger partial charge on any atom is 0.437 e. The Bertz CT molecular complexity index is 1030. The second-order valence-electron chi connectivity index (χ2n) is 5.26. The maximum atomic E-state index is 13.1. The first kappa shape index (κ1) is 18.0. The Labute approximate surface area is 149 Å². The van der Waals surface area contributed by atoms with Gasteiger partial charge in [0.15, 0.2) is 17.4 Å². The molecule has 2 amide bonds. The first-order chi connectivity index (χ1) is 12.9. The van der Waals surface area contributed by atoms with Crippen LogP contribution in [0.4, 0.5) is 14.5 Å². The summed E-state index contributed by atoms with van der Waals surface area (Å²) in [7, 11) is 0. The van der Waals surface area contributed by atoms with Gasteiger partial charge in [-0.2, -0.15) is 4.68 Å². The molecule has 1 aromatic carbocycles. The topological polar surface area (TPSA) is 119 Å². The Morgan fingerprint density at radius 3 is 2.67 bits per heavy atom. The van der Waals surface area contributed by atoms with Crippen LogP contribution in [0.2, 0.25) is 0 Å². The summed E-state index contributed by atoms with van der Waals surface area (Å²) < 4.78 is 36.6. The monoisotopic (exact) mass is 378 g/mol. The van der Waals surface area contributed by atoms with Crippen molar-refractivity contribution >= 4 is 17.5 Å². The van der Waals surface area contributed by atoms with Crippen molar-refractivity contribution in [3.05, 3.63) is 58.8 Å². The smallest absolute Gasteiger partial charge is 0.437 e. The first-order valence-corrected chi connectivity index (χ1v) is 7.56. The van der Waals surface area contributed by atoms with Gasteiger partial charge in [0.25, 0.3) is 5.89 Å². The van der Waals surface area contributed by atoms with Crippen LogP contribution in [0.5, 0.6) is 0 Å². The Hall–Kier alpha value is -3.76. The summed E-state index contributed by atoms with van der Waals surface area (Å²) in [6.45, 7) is -0.934. The molecular weight excluding hydrogens is 366 g/mol. The number of nitrogens with one attached hydrogen (secondary N) is 2. The van der Waals surface area contributed by atoms with Crippen LogP contribution in [0, 0.1) is 11.6 Å². The zero-order valence-electron chi connectivity index (χ0n) is 13.6. The number of hydrogen-bond donors (Lipinski definition) is 2. The Balaban J connectivity index is 1.53. The van der Waals surface area contributed by atoms with Gasteiger partial charge in [-0.05, 0) is 24.3 Å². The first-order valence-electron chi connectivity index (χ1n) is 7.56. The van der Waals surface area contributed by atoms with Gasteiger partial charge < -0.3 is 19.5 Å². The summed E-state index contributed by atoms with van der Waals surface area (Å²) in [5, 5.41) is 8.36. The van der Waals surface area contributed by atoms with Gasteiger partial charge in [0.1, 0.15) is 6.54 Å². The van der Waals surface area contributed by atoms with E-state index in [2.05, 4.69) is 15.7 Å². The molecule has 2 aromatic heterocycles. The van der Waals surface area contributed by atoms with E-state index in [4.69, 9.17) is 8.83 Å². The predicted octanol–water partition coefficient (Wildman–Crippen LogP) is 1.13. The van der Waals surface area contributed by atoms with Crippen molar-refractivity contribution in [1.29, 1.82) is 0 Å². The van der Waals surface area contributed by atoms with Crippen molar-refractivity contribution in [1.82, 2.24) is 15.1 Å². The van der Waals surface area contributed by atoms with Crippen molar-refractivity contribution in [3.8, 4) is 11.7 Å². The highest BCUT2D eigenvalue weighted by molar-refractivity contribution is 5.94. The number of furan rings is 1. The molecule has 2 heterocycles. The van der Waals surface area contributed by atoms with E-state index in [0.717, 1.165) is 16.8 Å². The molecule has 3 rings (SSSR count). The van der Waals surface area contributed by atoms with Crippen LogP contribution in [0.1, 0.15) is 0 Å². The Morgan fingerprint density at radius 2 is 1.96 bits per heavy atom. The summed E-state index contributed by atoms with van der Waals surface area (Å²) in [5.74, 6) is -4.26. The number of amides is 2. The molecule has 27 heavy (non-hydrogen) atoms. The number of benzene rings is 1. The highest BCUT2D eigenvalue weighted by Crippen LogP contribution is 2.15. The van der Waals surface area contributed by atoms with Crippen LogP contribution in [0.3, 0.4) is 0 Å². The van der Waals surface area contributed by atoms with Gasteiger partial charge >= 0.3 is 5.76 Å². The van der Waals surface area contributed by atoms with E-state index in [1.165, 1.54) is 18.4 Å². The lowest BCUT2D eigenvalue weighted by Crippen LogP contribution is -2.36. The molecule has 0 fully saturated rings. The normalized spacial score (nSPS) is 10.6. The number of nitrogens with zero attached hydrogens (tertiary/aromatic N) is 2. The zero-order chi connectivity index (χ0) is 19.4. The second kappa shape index (κ2) is 7.64. The molecule has 0 saturated carbocycles. The minimum absolute atomic E-state index is 0.0314. The molecule has 0 atom stereocenters. The Morgan fingerprint density at radius 1 is 1.15 bits per heavy atom. The molecular formula is C16H12F2N4O5. The molecule has 0 saturated heterocycles. The van der Waals surface area contributed by atoms with E-state index < -0.39 is 42.3 Å². The number of halogens is 2. The molecule has 9 nitrogen and oxygen atoms in total. The fraction of sp³-hybridized carbons (Fsp3) is 0.125. The number of carbonyl (C=O) groups excluding carboxylic acids is 2. The summed E-state index contributed by atoms with van der Waals surface area (Å²) in [4.78, 5) is 35.3. The van der Waals surface area contributed by atoms with Crippen molar-refractivity contribution in [2.75, 3.05) is 11.9 Å². The average Bonchev–Trinajstić information content (AvgIpc) is 3.27. The van der Waals surface area contributed by atoms with Gasteiger partial charge in [-0.25, -0.2) is 13.6 Å². The largest absolute Gasteiger partial charge is 0.459 e. The molecule has 0 spiro atoms. The van der Waals surface area contributed by atoms with Crippen LogP contribution in [-0.2, 0) is 16.1 Å². The summed E-state index contributed by atoms with van der Waals surface area (Å²) in [6, 6.07) is 5.94. The Kier molecular flexibility index (Phi) is 5.11. The molecule has 0 aliphatic carbocycles. The molecule has 0 aliphatic heterocycles. The predicted molar refractivity (Wildman–Crippen MR) is 86.5 cm³/mol. The maximum absolute atomic E-state index is 13.1. The molecule has 0 unspecified atom stereocenters. The average molecular weight is 378 g/mol. The minimum atomic E-state index is -1.12. The lowest BCUT2D eigenvalue weighted by Gasteiger charge is -2.07. The molecule has 0 aliphatic rings. The third-order valence-corrected chi connectivity index (χ3v) is 3.28. The number of carbonyl (C=O) groups is 2. The van der Waals surface area contributed by atoms with Gasteiger partial charge in [-0.3, -0.25) is 9.59 Å². The van der Waals surface area contributed by atoms with Crippen LogP contribution < -0.4 is 16.4 Å². The summed E-state index contributed by atoms with van der Waals surface area (Å²) in [5.41, 5.74) is 0.0314. The van der Waals surface area contributed by atoms with E-state index in [-0.39, 0.29) is 17.3 Å². The molecule has 2 N–H and O–H groups in total. The fourth-order valence-corrected chi connectivity index (χ4v) is 2.06. The van der Waals surface area contributed by atoms with E-state index in [0.29, 0.717) is 0 Å². The van der Waals surface area contributed by atoms with E-state index >= 15 is 0 Å². The molecule has 11 heteroatoms. The van der Waals surface area contributed by atoms with Crippen LogP contribution in [0.25, 0.3) is 11.7 Å². The fourth-order valence-electron chi connectivity index (χ4n) is 2.06. The molecule has 0 bridgehead atoms. The van der Waals surface area contributed by atoms with Crippen LogP contribution >= 0.6 is 0 Å². The highest BCUT2D eigenvalue weighted by atomic mass is 19.2. The molecule has 0 radical (unpaired) electrons. The van der Waals surface area contributed by atoms with Crippen molar-refractivity contribution < 1.29 is 27.2 Å². The van der Waals surface area contributed by atoms with E-state index in [1.807, 2.05) is 0 Å². The summed E-state index contributed by atoms with van der Waals surface area (Å²) in [6.07, 6.45) is 1.37. The second-order valence-corrected chi connectivity index (χ2v) is 5.26. The minimum Gasteiger partial charge on any atom is -0.459 e. The van der Waals surface area contributed by atoms with Crippen LogP contribution in [0.15, 0.2) is 50.2 Å². The van der Waals surface area contributed by atoms with Gasteiger partial charge in [0.05, 0.1) is 12.8 Å². The standard InChI is InChI=1S/C16H12F2N4O5/c17-10-4-3-9(6-11(10)18)20-13(23)7-19-14(24)8-22-16(25)27-15(21-22)12-2-1-5-26-12/h1-6H,7-8H2,(H,19,24)(H,20,23). The number of rotatable bonds is 6. The molecule has 140 valence electrons. The zero-order valence-corrected chi connectivity index (χ0v) is 13.6. The van der Waals surface area contributed by atoms with Gasteiger partial charge in [0.2, 0.25) is 11.8 Å². The number of hydrogen-bond acceptors (Lipinski definition) is 6. The van der Waals surface area contributed by atoms with Gasteiger partial charge in [-0.1, -0.05) is 0 Å². The lowest BCUT2D eigenvalue weighted by atomic mass is 10.3. The van der Waals surface area contributed by atoms with Gasteiger partial charge in [-0.15, -0.1) is 5.10 Å². The van der Waals surface area contributed by atoms with Crippen molar-refractivity contribution in [2.45, 2.75) is 6.54 Å². The number of anilines is 1. The third kappa shape index (κ3) is 4.45. The number of aromatic nitrogens is 2. The summed E-state index contributed by atoms with van der Waals surface area (Å²) >= 11 is 0. The highest BCUT2D eigenvalue weighted by Gasteiger charge is 2.15. The van der Waals surface area contributed by atoms with Gasteiger partial charge in [0, 0.05) is 11.8 Å². The van der Waals surface area contributed by atoms with Crippen LogP contribution in [-0.4, -0.2) is 28.1 Å². The SMILES string of the molecule is O=C(Cn1nc(-c2ccco2)oc1=O)NCC(=O)Nc1ccc(F)c(F)c1. The van der Waals surface area contributed by atoms with E-state index in [1.54, 1.807) is 6.07 Å². The molecule has 3 aromatic rings. The van der Waals surface area contributed by atoms with E-state index in [9.17, 15) is 23.2 Å². The quantitative estimate of drug-likeness (QED) is 0.664. The van der Waals surface area contributed by atoms with Crippen molar-refractivity contribution in [3.63, 3.8) is 0 Å². The van der Waals surface area contributed by atoms with Crippen molar-refractivity contribution in [2.24, 2.45) is 0 Å².